The first-order valence-electron chi connectivity index (χ1n) is 6.93. The van der Waals surface area contributed by atoms with Crippen molar-refractivity contribution in [1.29, 1.82) is 0 Å². The molecule has 0 bridgehead atoms. The summed E-state index contributed by atoms with van der Waals surface area (Å²) in [5.74, 6) is 0.380. The Balaban J connectivity index is 2.17. The Hall–Kier alpha value is -1.71. The van der Waals surface area contributed by atoms with Gasteiger partial charge >= 0.3 is 5.97 Å². The number of esters is 1. The Morgan fingerprint density at radius 2 is 2.32 bits per heavy atom. The number of carbonyl (C=O) groups excluding carboxylic acids is 1. The highest BCUT2D eigenvalue weighted by Gasteiger charge is 2.19. The average molecular weight is 262 g/mol. The van der Waals surface area contributed by atoms with Crippen LogP contribution in [0.3, 0.4) is 0 Å². The summed E-state index contributed by atoms with van der Waals surface area (Å²) in [6.07, 6.45) is 2.47. The summed E-state index contributed by atoms with van der Waals surface area (Å²) in [7, 11) is 0. The Labute approximate surface area is 114 Å². The number of hydrogen-bond acceptors (Lipinski definition) is 4. The molecule has 0 aliphatic carbocycles. The lowest BCUT2D eigenvalue weighted by Crippen LogP contribution is -2.34. The van der Waals surface area contributed by atoms with Gasteiger partial charge in [0.15, 0.2) is 0 Å². The lowest BCUT2D eigenvalue weighted by molar-refractivity contribution is 0.0526. The molecule has 1 aromatic carbocycles. The molecule has 1 aromatic rings. The van der Waals surface area contributed by atoms with Crippen molar-refractivity contribution in [3.05, 3.63) is 23.8 Å². The van der Waals surface area contributed by atoms with Crippen LogP contribution in [0.2, 0.25) is 0 Å². The quantitative estimate of drug-likeness (QED) is 0.672. The fourth-order valence-corrected chi connectivity index (χ4v) is 2.59. The molecule has 0 amide bonds. The van der Waals surface area contributed by atoms with E-state index in [0.29, 0.717) is 23.8 Å². The molecule has 1 atom stereocenters. The third-order valence-electron chi connectivity index (χ3n) is 3.54. The number of nitrogens with zero attached hydrogens (tertiary/aromatic N) is 1. The summed E-state index contributed by atoms with van der Waals surface area (Å²) >= 11 is 0. The first-order chi connectivity index (χ1) is 9.11. The molecule has 104 valence electrons. The van der Waals surface area contributed by atoms with Gasteiger partial charge in [-0.1, -0.05) is 6.92 Å². The van der Waals surface area contributed by atoms with Gasteiger partial charge in [0.1, 0.15) is 0 Å². The molecular weight excluding hydrogens is 240 g/mol. The van der Waals surface area contributed by atoms with E-state index < -0.39 is 0 Å². The zero-order chi connectivity index (χ0) is 13.8. The number of anilines is 2. The Morgan fingerprint density at radius 3 is 2.95 bits per heavy atom. The smallest absolute Gasteiger partial charge is 0.338 e. The fourth-order valence-electron chi connectivity index (χ4n) is 2.59. The SMILES string of the molecule is CCOC(=O)c1ccc(N2CCC[C@@H](C)C2)c(N)c1. The minimum Gasteiger partial charge on any atom is -0.462 e. The molecular formula is C15H22N2O2. The third kappa shape index (κ3) is 3.19. The van der Waals surface area contributed by atoms with Crippen molar-refractivity contribution >= 4 is 17.3 Å². The Bertz CT molecular complexity index is 459. The van der Waals surface area contributed by atoms with Gasteiger partial charge in [0.05, 0.1) is 23.5 Å². The molecule has 2 N–H and O–H groups in total. The van der Waals surface area contributed by atoms with E-state index in [1.54, 1.807) is 19.1 Å². The summed E-state index contributed by atoms with van der Waals surface area (Å²) < 4.78 is 4.98. The van der Waals surface area contributed by atoms with Gasteiger partial charge in [0, 0.05) is 13.1 Å². The van der Waals surface area contributed by atoms with Crippen molar-refractivity contribution in [3.63, 3.8) is 0 Å². The van der Waals surface area contributed by atoms with Crippen LogP contribution in [0.15, 0.2) is 18.2 Å². The van der Waals surface area contributed by atoms with Gasteiger partial charge in [-0.15, -0.1) is 0 Å². The number of ether oxygens (including phenoxy) is 1. The maximum absolute atomic E-state index is 11.6. The number of hydrogen-bond donors (Lipinski definition) is 1. The van der Waals surface area contributed by atoms with E-state index in [1.165, 1.54) is 12.8 Å². The molecule has 1 saturated heterocycles. The number of nitrogen functional groups attached to an aromatic ring is 1. The first kappa shape index (κ1) is 13.7. The van der Waals surface area contributed by atoms with Crippen LogP contribution in [0.1, 0.15) is 37.0 Å². The van der Waals surface area contributed by atoms with Crippen LogP contribution in [0, 0.1) is 5.92 Å². The maximum atomic E-state index is 11.6. The van der Waals surface area contributed by atoms with E-state index >= 15 is 0 Å². The molecule has 1 fully saturated rings. The first-order valence-corrected chi connectivity index (χ1v) is 6.93. The Kier molecular flexibility index (Phi) is 4.30. The second-order valence-corrected chi connectivity index (χ2v) is 5.19. The normalized spacial score (nSPS) is 19.3. The summed E-state index contributed by atoms with van der Waals surface area (Å²) in [6, 6.07) is 5.44. The molecule has 19 heavy (non-hydrogen) atoms. The van der Waals surface area contributed by atoms with Crippen LogP contribution in [-0.4, -0.2) is 25.7 Å². The zero-order valence-corrected chi connectivity index (χ0v) is 11.7. The minimum atomic E-state index is -0.312. The molecule has 0 spiro atoms. The molecule has 0 unspecified atom stereocenters. The lowest BCUT2D eigenvalue weighted by Gasteiger charge is -2.33. The van der Waals surface area contributed by atoms with Crippen molar-refractivity contribution < 1.29 is 9.53 Å². The van der Waals surface area contributed by atoms with Crippen molar-refractivity contribution in [2.45, 2.75) is 26.7 Å². The van der Waals surface area contributed by atoms with Crippen LogP contribution < -0.4 is 10.6 Å². The maximum Gasteiger partial charge on any atom is 0.338 e. The van der Waals surface area contributed by atoms with Gasteiger partial charge in [-0.2, -0.15) is 0 Å². The van der Waals surface area contributed by atoms with Crippen molar-refractivity contribution in [2.24, 2.45) is 5.92 Å². The molecule has 1 aliphatic rings. The van der Waals surface area contributed by atoms with Gasteiger partial charge in [-0.3, -0.25) is 0 Å². The van der Waals surface area contributed by atoms with E-state index in [1.807, 2.05) is 6.07 Å². The number of benzene rings is 1. The van der Waals surface area contributed by atoms with Crippen LogP contribution in [0.25, 0.3) is 0 Å². The molecule has 1 heterocycles. The summed E-state index contributed by atoms with van der Waals surface area (Å²) in [5, 5.41) is 0. The van der Waals surface area contributed by atoms with Crippen molar-refractivity contribution in [3.8, 4) is 0 Å². The van der Waals surface area contributed by atoms with Gasteiger partial charge in [-0.25, -0.2) is 4.79 Å². The predicted octanol–water partition coefficient (Wildman–Crippen LogP) is 2.68. The zero-order valence-electron chi connectivity index (χ0n) is 11.7. The predicted molar refractivity (Wildman–Crippen MR) is 77.4 cm³/mol. The highest BCUT2D eigenvalue weighted by atomic mass is 16.5. The van der Waals surface area contributed by atoms with Crippen LogP contribution >= 0.6 is 0 Å². The monoisotopic (exact) mass is 262 g/mol. The van der Waals surface area contributed by atoms with Crippen molar-refractivity contribution in [1.82, 2.24) is 0 Å². The average Bonchev–Trinajstić information content (AvgIpc) is 2.38. The standard InChI is InChI=1S/C15H22N2O2/c1-3-19-15(18)12-6-7-14(13(16)9-12)17-8-4-5-11(2)10-17/h6-7,9,11H,3-5,8,10,16H2,1-2H3/t11-/m1/s1. The molecule has 2 rings (SSSR count). The van der Waals surface area contributed by atoms with Crippen LogP contribution in [0.5, 0.6) is 0 Å². The molecule has 4 nitrogen and oxygen atoms in total. The van der Waals surface area contributed by atoms with Gasteiger partial charge in [-0.05, 0) is 43.9 Å². The van der Waals surface area contributed by atoms with E-state index in [0.717, 1.165) is 18.8 Å². The highest BCUT2D eigenvalue weighted by molar-refractivity contribution is 5.92. The second kappa shape index (κ2) is 5.95. The topological polar surface area (TPSA) is 55.6 Å². The number of nitrogens with two attached hydrogens (primary N) is 1. The van der Waals surface area contributed by atoms with Crippen molar-refractivity contribution in [2.75, 3.05) is 30.3 Å². The number of carbonyl (C=O) groups is 1. The minimum absolute atomic E-state index is 0.312. The van der Waals surface area contributed by atoms with Gasteiger partial charge in [0.2, 0.25) is 0 Å². The Morgan fingerprint density at radius 1 is 1.53 bits per heavy atom. The molecule has 0 radical (unpaired) electrons. The van der Waals surface area contributed by atoms with Crippen LogP contribution in [-0.2, 0) is 4.74 Å². The van der Waals surface area contributed by atoms with E-state index in [-0.39, 0.29) is 5.97 Å². The summed E-state index contributed by atoms with van der Waals surface area (Å²) in [6.45, 7) is 6.50. The molecule has 0 saturated carbocycles. The van der Waals surface area contributed by atoms with E-state index in [9.17, 15) is 4.79 Å². The lowest BCUT2D eigenvalue weighted by atomic mass is 9.99. The van der Waals surface area contributed by atoms with E-state index in [2.05, 4.69) is 11.8 Å². The largest absolute Gasteiger partial charge is 0.462 e. The van der Waals surface area contributed by atoms with Gasteiger partial charge < -0.3 is 15.4 Å². The number of piperidine rings is 1. The van der Waals surface area contributed by atoms with Gasteiger partial charge in [0.25, 0.3) is 0 Å². The van der Waals surface area contributed by atoms with E-state index in [4.69, 9.17) is 10.5 Å². The molecule has 0 aromatic heterocycles. The molecule has 4 heteroatoms. The van der Waals surface area contributed by atoms with Crippen LogP contribution in [0.4, 0.5) is 11.4 Å². The fraction of sp³-hybridized carbons (Fsp3) is 0.533. The third-order valence-corrected chi connectivity index (χ3v) is 3.54. The number of rotatable bonds is 3. The summed E-state index contributed by atoms with van der Waals surface area (Å²) in [4.78, 5) is 13.9. The molecule has 1 aliphatic heterocycles. The summed E-state index contributed by atoms with van der Waals surface area (Å²) in [5.41, 5.74) is 8.28. The second-order valence-electron chi connectivity index (χ2n) is 5.19. The highest BCUT2D eigenvalue weighted by Crippen LogP contribution is 2.29.